The quantitative estimate of drug-likeness (QED) is 0.657. The first kappa shape index (κ1) is 20.3. The SMILES string of the molecule is C=CCO[C@H]1O[C@H]([C@H](O)COCc2ccc(OC)cc2)[C@@H]2OC(C)(C)O[C@H]12. The molecule has 1 aromatic rings. The fourth-order valence-electron chi connectivity index (χ4n) is 3.31. The number of methoxy groups -OCH3 is 1. The number of rotatable bonds is 9. The first-order valence-corrected chi connectivity index (χ1v) is 9.06. The topological polar surface area (TPSA) is 75.6 Å². The van der Waals surface area contributed by atoms with Crippen LogP contribution in [-0.2, 0) is 30.3 Å². The zero-order valence-corrected chi connectivity index (χ0v) is 16.0. The predicted molar refractivity (Wildman–Crippen MR) is 97.3 cm³/mol. The number of fused-ring (bicyclic) bond motifs is 1. The van der Waals surface area contributed by atoms with E-state index in [0.29, 0.717) is 13.2 Å². The molecule has 7 nitrogen and oxygen atoms in total. The molecule has 0 aromatic heterocycles. The molecular formula is C20H28O7. The van der Waals surface area contributed by atoms with E-state index in [1.807, 2.05) is 38.1 Å². The van der Waals surface area contributed by atoms with E-state index in [2.05, 4.69) is 6.58 Å². The first-order valence-electron chi connectivity index (χ1n) is 9.06. The molecule has 2 aliphatic heterocycles. The maximum atomic E-state index is 10.6. The van der Waals surface area contributed by atoms with Gasteiger partial charge in [0.2, 0.25) is 0 Å². The van der Waals surface area contributed by atoms with Gasteiger partial charge in [-0.1, -0.05) is 18.2 Å². The van der Waals surface area contributed by atoms with E-state index in [1.54, 1.807) is 13.2 Å². The van der Waals surface area contributed by atoms with Crippen molar-refractivity contribution in [2.75, 3.05) is 20.3 Å². The lowest BCUT2D eigenvalue weighted by Gasteiger charge is -2.26. The summed E-state index contributed by atoms with van der Waals surface area (Å²) in [5, 5.41) is 10.6. The van der Waals surface area contributed by atoms with Crippen LogP contribution in [0.25, 0.3) is 0 Å². The van der Waals surface area contributed by atoms with Gasteiger partial charge in [-0.25, -0.2) is 0 Å². The number of benzene rings is 1. The molecule has 0 amide bonds. The molecule has 2 saturated heterocycles. The van der Waals surface area contributed by atoms with Gasteiger partial charge in [0, 0.05) is 0 Å². The maximum absolute atomic E-state index is 10.6. The van der Waals surface area contributed by atoms with Crippen molar-refractivity contribution in [2.45, 2.75) is 56.9 Å². The van der Waals surface area contributed by atoms with Crippen LogP contribution >= 0.6 is 0 Å². The average Bonchev–Trinajstić information content (AvgIpc) is 3.13. The second-order valence-corrected chi connectivity index (χ2v) is 7.09. The number of aliphatic hydroxyl groups excluding tert-OH is 1. The van der Waals surface area contributed by atoms with E-state index in [-0.39, 0.29) is 6.61 Å². The van der Waals surface area contributed by atoms with Crippen LogP contribution < -0.4 is 4.74 Å². The van der Waals surface area contributed by atoms with Crippen molar-refractivity contribution < 1.29 is 33.5 Å². The van der Waals surface area contributed by atoms with E-state index < -0.39 is 36.5 Å². The molecule has 0 saturated carbocycles. The Morgan fingerprint density at radius 1 is 1.22 bits per heavy atom. The monoisotopic (exact) mass is 380 g/mol. The molecule has 7 heteroatoms. The third-order valence-corrected chi connectivity index (χ3v) is 4.52. The van der Waals surface area contributed by atoms with Crippen LogP contribution in [0.5, 0.6) is 5.75 Å². The maximum Gasteiger partial charge on any atom is 0.187 e. The Morgan fingerprint density at radius 3 is 2.59 bits per heavy atom. The second-order valence-electron chi connectivity index (χ2n) is 7.09. The predicted octanol–water partition coefficient (Wildman–Crippen LogP) is 2.02. The highest BCUT2D eigenvalue weighted by molar-refractivity contribution is 5.26. The van der Waals surface area contributed by atoms with Gasteiger partial charge in [0.1, 0.15) is 30.2 Å². The highest BCUT2D eigenvalue weighted by atomic mass is 16.8. The van der Waals surface area contributed by atoms with Crippen LogP contribution in [0.3, 0.4) is 0 Å². The normalized spacial score (nSPS) is 30.1. The molecule has 2 heterocycles. The summed E-state index contributed by atoms with van der Waals surface area (Å²) in [5.74, 6) is 0.0346. The fourth-order valence-corrected chi connectivity index (χ4v) is 3.31. The summed E-state index contributed by atoms with van der Waals surface area (Å²) in [6, 6.07) is 7.58. The fraction of sp³-hybridized carbons (Fsp3) is 0.600. The van der Waals surface area contributed by atoms with Crippen LogP contribution in [0.2, 0.25) is 0 Å². The van der Waals surface area contributed by atoms with Crippen molar-refractivity contribution in [1.82, 2.24) is 0 Å². The minimum Gasteiger partial charge on any atom is -0.497 e. The molecular weight excluding hydrogens is 352 g/mol. The summed E-state index contributed by atoms with van der Waals surface area (Å²) in [4.78, 5) is 0. The van der Waals surface area contributed by atoms with Crippen LogP contribution in [0.15, 0.2) is 36.9 Å². The molecule has 3 rings (SSSR count). The minimum absolute atomic E-state index is 0.109. The van der Waals surface area contributed by atoms with Gasteiger partial charge in [0.25, 0.3) is 0 Å². The van der Waals surface area contributed by atoms with E-state index in [0.717, 1.165) is 11.3 Å². The van der Waals surface area contributed by atoms with Crippen LogP contribution in [0.1, 0.15) is 19.4 Å². The molecule has 1 aromatic carbocycles. The first-order chi connectivity index (χ1) is 12.9. The van der Waals surface area contributed by atoms with Crippen molar-refractivity contribution >= 4 is 0 Å². The van der Waals surface area contributed by atoms with Gasteiger partial charge in [-0.15, -0.1) is 6.58 Å². The molecule has 2 fully saturated rings. The smallest absolute Gasteiger partial charge is 0.187 e. The van der Waals surface area contributed by atoms with Crippen molar-refractivity contribution in [3.63, 3.8) is 0 Å². The van der Waals surface area contributed by atoms with E-state index in [1.165, 1.54) is 0 Å². The number of ether oxygens (including phenoxy) is 6. The highest BCUT2D eigenvalue weighted by Gasteiger charge is 2.57. The van der Waals surface area contributed by atoms with E-state index >= 15 is 0 Å². The summed E-state index contributed by atoms with van der Waals surface area (Å²) in [6.07, 6.45) is -1.26. The Morgan fingerprint density at radius 2 is 1.93 bits per heavy atom. The summed E-state index contributed by atoms with van der Waals surface area (Å²) in [7, 11) is 1.62. The van der Waals surface area contributed by atoms with Crippen molar-refractivity contribution in [1.29, 1.82) is 0 Å². The lowest BCUT2D eigenvalue weighted by Crippen LogP contribution is -2.41. The number of hydrogen-bond acceptors (Lipinski definition) is 7. The standard InChI is InChI=1S/C20H28O7/c1-5-10-24-19-18-17(26-20(2,3)27-18)16(25-19)15(21)12-23-11-13-6-8-14(22-4)9-7-13/h5-9,15-19,21H,1,10-12H2,2-4H3/t15-,16-,17+,18+,19+/m1/s1. The van der Waals surface area contributed by atoms with Gasteiger partial charge in [-0.3, -0.25) is 0 Å². The van der Waals surface area contributed by atoms with Gasteiger partial charge in [-0.2, -0.15) is 0 Å². The molecule has 27 heavy (non-hydrogen) atoms. The Hall–Kier alpha value is -1.48. The van der Waals surface area contributed by atoms with Gasteiger partial charge < -0.3 is 33.5 Å². The molecule has 1 N–H and O–H groups in total. The Bertz CT molecular complexity index is 615. The average molecular weight is 380 g/mol. The highest BCUT2D eigenvalue weighted by Crippen LogP contribution is 2.40. The summed E-state index contributed by atoms with van der Waals surface area (Å²) < 4.78 is 34.1. The number of hydrogen-bond donors (Lipinski definition) is 1. The third kappa shape index (κ3) is 4.87. The summed E-state index contributed by atoms with van der Waals surface area (Å²) in [5.41, 5.74) is 0.988. The molecule has 5 atom stereocenters. The number of aliphatic hydroxyl groups is 1. The Balaban J connectivity index is 1.54. The second kappa shape index (κ2) is 8.68. The van der Waals surface area contributed by atoms with Crippen molar-refractivity contribution in [3.05, 3.63) is 42.5 Å². The zero-order valence-electron chi connectivity index (χ0n) is 16.0. The van der Waals surface area contributed by atoms with Crippen LogP contribution in [-0.4, -0.2) is 61.9 Å². The summed E-state index contributed by atoms with van der Waals surface area (Å²) in [6.45, 7) is 8.12. The molecule has 0 radical (unpaired) electrons. The lowest BCUT2D eigenvalue weighted by molar-refractivity contribution is -0.243. The van der Waals surface area contributed by atoms with Gasteiger partial charge in [0.15, 0.2) is 12.1 Å². The molecule has 0 bridgehead atoms. The van der Waals surface area contributed by atoms with Crippen LogP contribution in [0.4, 0.5) is 0 Å². The molecule has 2 aliphatic rings. The Kier molecular flexibility index (Phi) is 6.52. The van der Waals surface area contributed by atoms with E-state index in [4.69, 9.17) is 28.4 Å². The summed E-state index contributed by atoms with van der Waals surface area (Å²) >= 11 is 0. The molecule has 0 aliphatic carbocycles. The molecule has 0 unspecified atom stereocenters. The largest absolute Gasteiger partial charge is 0.497 e. The lowest BCUT2D eigenvalue weighted by atomic mass is 10.1. The Labute approximate surface area is 159 Å². The van der Waals surface area contributed by atoms with Crippen molar-refractivity contribution in [2.24, 2.45) is 0 Å². The van der Waals surface area contributed by atoms with Gasteiger partial charge >= 0.3 is 0 Å². The van der Waals surface area contributed by atoms with Gasteiger partial charge in [0.05, 0.1) is 26.9 Å². The molecule has 150 valence electrons. The van der Waals surface area contributed by atoms with Gasteiger partial charge in [-0.05, 0) is 31.5 Å². The molecule has 0 spiro atoms. The van der Waals surface area contributed by atoms with E-state index in [9.17, 15) is 5.11 Å². The zero-order chi connectivity index (χ0) is 19.4. The van der Waals surface area contributed by atoms with Crippen LogP contribution in [0, 0.1) is 0 Å². The van der Waals surface area contributed by atoms with Crippen molar-refractivity contribution in [3.8, 4) is 5.75 Å². The third-order valence-electron chi connectivity index (χ3n) is 4.52. The minimum atomic E-state index is -0.870.